The third-order valence-corrected chi connectivity index (χ3v) is 5.47. The van der Waals surface area contributed by atoms with Gasteiger partial charge in [0.25, 0.3) is 0 Å². The lowest BCUT2D eigenvalue weighted by Gasteiger charge is -2.36. The van der Waals surface area contributed by atoms with Gasteiger partial charge in [0, 0.05) is 18.0 Å². The number of fused-ring (bicyclic) bond motifs is 1. The molecule has 0 saturated heterocycles. The average Bonchev–Trinajstić information content (AvgIpc) is 3.01. The van der Waals surface area contributed by atoms with Crippen molar-refractivity contribution in [2.24, 2.45) is 5.92 Å². The molecule has 0 radical (unpaired) electrons. The van der Waals surface area contributed by atoms with Crippen molar-refractivity contribution < 1.29 is 18.0 Å². The monoisotopic (exact) mass is 397 g/mol. The van der Waals surface area contributed by atoms with Crippen molar-refractivity contribution in [2.45, 2.75) is 25.2 Å². The predicted octanol–water partition coefficient (Wildman–Crippen LogP) is 4.78. The molecule has 2 N–H and O–H groups in total. The smallest absolute Gasteiger partial charge is 0.234 e. The van der Waals surface area contributed by atoms with E-state index in [1.807, 2.05) is 0 Å². The highest BCUT2D eigenvalue weighted by Gasteiger charge is 2.34. The van der Waals surface area contributed by atoms with Crippen LogP contribution in [0.25, 0.3) is 22.2 Å². The van der Waals surface area contributed by atoms with E-state index >= 15 is 0 Å². The van der Waals surface area contributed by atoms with Crippen molar-refractivity contribution in [3.8, 4) is 17.3 Å². The van der Waals surface area contributed by atoms with Gasteiger partial charge in [0.2, 0.25) is 5.91 Å². The van der Waals surface area contributed by atoms with Gasteiger partial charge in [0.1, 0.15) is 23.9 Å². The van der Waals surface area contributed by atoms with Crippen LogP contribution in [0.4, 0.5) is 13.2 Å². The minimum absolute atomic E-state index is 0.0582. The SMILES string of the molecule is N#CCC(=O)NC[C@H]1C[C@@H](c2c(-c3ccc(F)cc3)[nH]c3c(F)cc(F)cc32)C1. The van der Waals surface area contributed by atoms with Crippen LogP contribution in [0.15, 0.2) is 36.4 Å². The van der Waals surface area contributed by atoms with Crippen LogP contribution in [0.3, 0.4) is 0 Å². The number of carbonyl (C=O) groups is 1. The molecular weight excluding hydrogens is 379 g/mol. The Hall–Kier alpha value is -3.27. The maximum atomic E-state index is 14.4. The van der Waals surface area contributed by atoms with Crippen molar-refractivity contribution in [2.75, 3.05) is 6.54 Å². The Bertz CT molecular complexity index is 1110. The lowest BCUT2D eigenvalue weighted by atomic mass is 9.70. The molecule has 0 spiro atoms. The van der Waals surface area contributed by atoms with Crippen LogP contribution < -0.4 is 5.32 Å². The van der Waals surface area contributed by atoms with Crippen LogP contribution in [-0.2, 0) is 4.79 Å². The van der Waals surface area contributed by atoms with E-state index in [1.54, 1.807) is 18.2 Å². The van der Waals surface area contributed by atoms with Gasteiger partial charge in [-0.05, 0) is 66.1 Å². The molecule has 4 nitrogen and oxygen atoms in total. The standard InChI is InChI=1S/C22H18F3N3O/c23-15-3-1-13(2-4-15)21-20(17-9-16(24)10-18(25)22(17)28-21)14-7-12(8-14)11-27-19(29)5-6-26/h1-4,9-10,12,14,28H,5,7-8,11H2,(H,27,29)/t12-,14+. The minimum Gasteiger partial charge on any atom is -0.355 e. The summed E-state index contributed by atoms with van der Waals surface area (Å²) in [7, 11) is 0. The molecule has 3 aromatic rings. The second-order valence-electron chi connectivity index (χ2n) is 7.40. The summed E-state index contributed by atoms with van der Waals surface area (Å²) >= 11 is 0. The summed E-state index contributed by atoms with van der Waals surface area (Å²) in [6, 6.07) is 9.84. The van der Waals surface area contributed by atoms with Gasteiger partial charge in [0.05, 0.1) is 17.3 Å². The first-order chi connectivity index (χ1) is 14.0. The number of nitrogens with one attached hydrogen (secondary N) is 2. The molecule has 1 aromatic heterocycles. The van der Waals surface area contributed by atoms with Gasteiger partial charge in [-0.25, -0.2) is 13.2 Å². The van der Waals surface area contributed by atoms with E-state index in [-0.39, 0.29) is 35.5 Å². The first-order valence-corrected chi connectivity index (χ1v) is 9.36. The number of amides is 1. The van der Waals surface area contributed by atoms with E-state index in [0.29, 0.717) is 23.2 Å². The maximum absolute atomic E-state index is 14.4. The number of halogens is 3. The van der Waals surface area contributed by atoms with E-state index in [0.717, 1.165) is 24.5 Å². The highest BCUT2D eigenvalue weighted by atomic mass is 19.1. The molecule has 0 aliphatic heterocycles. The van der Waals surface area contributed by atoms with E-state index in [2.05, 4.69) is 10.3 Å². The first kappa shape index (κ1) is 19.1. The van der Waals surface area contributed by atoms with Crippen LogP contribution in [0.1, 0.15) is 30.7 Å². The van der Waals surface area contributed by atoms with E-state index in [1.165, 1.54) is 18.2 Å². The molecule has 2 aromatic carbocycles. The molecule has 1 heterocycles. The van der Waals surface area contributed by atoms with Gasteiger partial charge in [-0.2, -0.15) is 5.26 Å². The zero-order valence-corrected chi connectivity index (χ0v) is 15.4. The predicted molar refractivity (Wildman–Crippen MR) is 102 cm³/mol. The van der Waals surface area contributed by atoms with Crippen LogP contribution in [0, 0.1) is 34.7 Å². The summed E-state index contributed by atoms with van der Waals surface area (Å²) < 4.78 is 41.6. The summed E-state index contributed by atoms with van der Waals surface area (Å²) in [5.74, 6) is -1.72. The first-order valence-electron chi connectivity index (χ1n) is 9.36. The van der Waals surface area contributed by atoms with E-state index in [9.17, 15) is 18.0 Å². The summed E-state index contributed by atoms with van der Waals surface area (Å²) in [6.07, 6.45) is 1.31. The van der Waals surface area contributed by atoms with Crippen molar-refractivity contribution in [3.05, 3.63) is 59.4 Å². The second-order valence-corrected chi connectivity index (χ2v) is 7.40. The van der Waals surface area contributed by atoms with Gasteiger partial charge in [-0.1, -0.05) is 0 Å². The summed E-state index contributed by atoms with van der Waals surface area (Å²) in [5, 5.41) is 11.8. The molecule has 148 valence electrons. The highest BCUT2D eigenvalue weighted by Crippen LogP contribution is 2.48. The summed E-state index contributed by atoms with van der Waals surface area (Å²) in [4.78, 5) is 14.5. The fourth-order valence-corrected chi connectivity index (χ4v) is 4.04. The number of aromatic nitrogens is 1. The zero-order chi connectivity index (χ0) is 20.5. The van der Waals surface area contributed by atoms with E-state index < -0.39 is 11.6 Å². The third-order valence-electron chi connectivity index (χ3n) is 5.47. The molecule has 0 unspecified atom stereocenters. The molecule has 1 amide bonds. The van der Waals surface area contributed by atoms with Gasteiger partial charge in [0.15, 0.2) is 0 Å². The van der Waals surface area contributed by atoms with Crippen LogP contribution in [0.2, 0.25) is 0 Å². The lowest BCUT2D eigenvalue weighted by molar-refractivity contribution is -0.120. The fraction of sp³-hybridized carbons (Fsp3) is 0.273. The van der Waals surface area contributed by atoms with Gasteiger partial charge in [-0.15, -0.1) is 0 Å². The fourth-order valence-electron chi connectivity index (χ4n) is 4.04. The molecule has 0 atom stereocenters. The summed E-state index contributed by atoms with van der Waals surface area (Å²) in [5.41, 5.74) is 2.39. The number of nitriles is 1. The zero-order valence-electron chi connectivity index (χ0n) is 15.4. The number of benzene rings is 2. The van der Waals surface area contributed by atoms with Gasteiger partial charge in [-0.3, -0.25) is 4.79 Å². The maximum Gasteiger partial charge on any atom is 0.234 e. The van der Waals surface area contributed by atoms with Crippen molar-refractivity contribution >= 4 is 16.8 Å². The van der Waals surface area contributed by atoms with Crippen LogP contribution >= 0.6 is 0 Å². The molecule has 1 aliphatic carbocycles. The molecule has 29 heavy (non-hydrogen) atoms. The Morgan fingerprint density at radius 3 is 2.55 bits per heavy atom. The molecule has 1 saturated carbocycles. The molecule has 1 aliphatic rings. The number of H-pyrrole nitrogens is 1. The largest absolute Gasteiger partial charge is 0.355 e. The Kier molecular flexibility index (Phi) is 5.01. The van der Waals surface area contributed by atoms with Crippen LogP contribution in [-0.4, -0.2) is 17.4 Å². The quantitative estimate of drug-likeness (QED) is 0.651. The Balaban J connectivity index is 1.65. The minimum atomic E-state index is -0.672. The topological polar surface area (TPSA) is 68.7 Å². The van der Waals surface area contributed by atoms with Crippen molar-refractivity contribution in [1.29, 1.82) is 5.26 Å². The van der Waals surface area contributed by atoms with Crippen molar-refractivity contribution in [3.63, 3.8) is 0 Å². The third kappa shape index (κ3) is 3.70. The van der Waals surface area contributed by atoms with E-state index in [4.69, 9.17) is 5.26 Å². The molecule has 0 bridgehead atoms. The van der Waals surface area contributed by atoms with Gasteiger partial charge < -0.3 is 10.3 Å². The van der Waals surface area contributed by atoms with Crippen molar-refractivity contribution in [1.82, 2.24) is 10.3 Å². The molecule has 7 heteroatoms. The number of rotatable bonds is 5. The molecule has 1 fully saturated rings. The highest BCUT2D eigenvalue weighted by molar-refractivity contribution is 5.92. The Morgan fingerprint density at radius 2 is 1.86 bits per heavy atom. The number of aromatic amines is 1. The number of hydrogen-bond acceptors (Lipinski definition) is 2. The Morgan fingerprint density at radius 1 is 1.14 bits per heavy atom. The normalized spacial score (nSPS) is 18.3. The van der Waals surface area contributed by atoms with Gasteiger partial charge >= 0.3 is 0 Å². The van der Waals surface area contributed by atoms with Crippen LogP contribution in [0.5, 0.6) is 0 Å². The lowest BCUT2D eigenvalue weighted by Crippen LogP contribution is -2.35. The Labute approximate surface area is 165 Å². The summed E-state index contributed by atoms with van der Waals surface area (Å²) in [6.45, 7) is 0.466. The number of carbonyl (C=O) groups excluding carboxylic acids is 1. The number of nitrogens with zero attached hydrogens (tertiary/aromatic N) is 1. The second kappa shape index (κ2) is 7.63. The average molecular weight is 397 g/mol. The molecular formula is C22H18F3N3O. The molecule has 4 rings (SSSR count). The number of hydrogen-bond donors (Lipinski definition) is 2.